The second kappa shape index (κ2) is 5.49. The second-order valence-electron chi connectivity index (χ2n) is 2.90. The van der Waals surface area contributed by atoms with Gasteiger partial charge in [-0.05, 0) is 0 Å². The van der Waals surface area contributed by atoms with Crippen LogP contribution < -0.4 is 0 Å². The van der Waals surface area contributed by atoms with Gasteiger partial charge in [-0.25, -0.2) is 4.98 Å². The van der Waals surface area contributed by atoms with Crippen LogP contribution >= 0.6 is 22.9 Å². The lowest BCUT2D eigenvalue weighted by Crippen LogP contribution is -2.40. The summed E-state index contributed by atoms with van der Waals surface area (Å²) >= 11 is 6.50. The second-order valence-corrected chi connectivity index (χ2v) is 4.00. The molecular formula is C8H8ClF3N2OS. The molecule has 0 radical (unpaired) electrons. The summed E-state index contributed by atoms with van der Waals surface area (Å²) in [4.78, 5) is 15.9. The van der Waals surface area contributed by atoms with E-state index < -0.39 is 18.6 Å². The van der Waals surface area contributed by atoms with Crippen molar-refractivity contribution in [3.63, 3.8) is 0 Å². The molecule has 0 aliphatic heterocycles. The van der Waals surface area contributed by atoms with Crippen molar-refractivity contribution in [3.8, 4) is 0 Å². The Hall–Kier alpha value is -0.820. The van der Waals surface area contributed by atoms with Gasteiger partial charge in [0.1, 0.15) is 12.2 Å². The molecule has 0 spiro atoms. The van der Waals surface area contributed by atoms with E-state index in [4.69, 9.17) is 11.6 Å². The van der Waals surface area contributed by atoms with Gasteiger partial charge in [-0.15, -0.1) is 22.9 Å². The fourth-order valence-electron chi connectivity index (χ4n) is 1.05. The van der Waals surface area contributed by atoms with E-state index in [1.54, 1.807) is 0 Å². The number of carbonyl (C=O) groups is 1. The van der Waals surface area contributed by atoms with Gasteiger partial charge >= 0.3 is 6.18 Å². The molecule has 90 valence electrons. The Morgan fingerprint density at radius 3 is 2.69 bits per heavy atom. The Labute approximate surface area is 98.8 Å². The van der Waals surface area contributed by atoms with Crippen LogP contribution in [0.5, 0.6) is 0 Å². The van der Waals surface area contributed by atoms with E-state index in [1.165, 1.54) is 10.9 Å². The molecule has 0 atom stereocenters. The number of nitrogens with zero attached hydrogens (tertiary/aromatic N) is 2. The van der Waals surface area contributed by atoms with E-state index in [9.17, 15) is 18.0 Å². The summed E-state index contributed by atoms with van der Waals surface area (Å²) in [6.07, 6.45) is -4.43. The number of thiazole rings is 1. The smallest absolute Gasteiger partial charge is 0.327 e. The normalized spacial score (nSPS) is 11.5. The molecule has 16 heavy (non-hydrogen) atoms. The lowest BCUT2D eigenvalue weighted by molar-refractivity contribution is -0.140. The molecule has 0 aromatic carbocycles. The third kappa shape index (κ3) is 3.97. The first kappa shape index (κ1) is 13.2. The lowest BCUT2D eigenvalue weighted by atomic mass is 10.3. The maximum absolute atomic E-state index is 12.2. The topological polar surface area (TPSA) is 33.2 Å². The fourth-order valence-corrected chi connectivity index (χ4v) is 1.78. The number of alkyl halides is 4. The summed E-state index contributed by atoms with van der Waals surface area (Å²) in [5.41, 5.74) is 1.40. The number of halogens is 4. The number of hydrogen-bond donors (Lipinski definition) is 0. The maximum atomic E-state index is 12.2. The predicted molar refractivity (Wildman–Crippen MR) is 54.8 cm³/mol. The van der Waals surface area contributed by atoms with E-state index in [0.717, 1.165) is 11.3 Å². The molecular weight excluding hydrogens is 265 g/mol. The molecule has 8 heteroatoms. The first-order valence-electron chi connectivity index (χ1n) is 4.24. The highest BCUT2D eigenvalue weighted by Gasteiger charge is 2.33. The average Bonchev–Trinajstić information content (AvgIpc) is 2.66. The highest BCUT2D eigenvalue weighted by molar-refractivity contribution is 7.07. The molecule has 0 unspecified atom stereocenters. The summed E-state index contributed by atoms with van der Waals surface area (Å²) in [6, 6.07) is 0. The van der Waals surface area contributed by atoms with E-state index in [2.05, 4.69) is 4.98 Å². The van der Waals surface area contributed by atoms with Crippen molar-refractivity contribution < 1.29 is 18.0 Å². The first-order valence-corrected chi connectivity index (χ1v) is 5.72. The molecule has 1 heterocycles. The minimum atomic E-state index is -4.43. The van der Waals surface area contributed by atoms with Crippen molar-refractivity contribution in [2.24, 2.45) is 0 Å². The molecule has 1 amide bonds. The quantitative estimate of drug-likeness (QED) is 0.789. The predicted octanol–water partition coefficient (Wildman–Crippen LogP) is 2.39. The number of aromatic nitrogens is 1. The minimum absolute atomic E-state index is 0.0133. The van der Waals surface area contributed by atoms with Gasteiger partial charge in [0.15, 0.2) is 0 Å². The van der Waals surface area contributed by atoms with E-state index in [0.29, 0.717) is 4.90 Å². The zero-order valence-corrected chi connectivity index (χ0v) is 9.57. The van der Waals surface area contributed by atoms with Gasteiger partial charge in [-0.1, -0.05) is 0 Å². The number of amides is 1. The lowest BCUT2D eigenvalue weighted by Gasteiger charge is -2.21. The summed E-state index contributed by atoms with van der Waals surface area (Å²) in [7, 11) is 0. The molecule has 0 aliphatic rings. The Kier molecular flexibility index (Phi) is 4.55. The third-order valence-corrected chi connectivity index (χ3v) is 2.42. The average molecular weight is 273 g/mol. The zero-order valence-electron chi connectivity index (χ0n) is 8.00. The van der Waals surface area contributed by atoms with Crippen LogP contribution in [-0.4, -0.2) is 40.9 Å². The molecule has 3 nitrogen and oxygen atoms in total. The fraction of sp³-hybridized carbons (Fsp3) is 0.500. The first-order chi connectivity index (χ1) is 7.44. The van der Waals surface area contributed by atoms with Gasteiger partial charge in [0, 0.05) is 17.8 Å². The van der Waals surface area contributed by atoms with Crippen LogP contribution in [0.3, 0.4) is 0 Å². The Bertz CT molecular complexity index is 342. The van der Waals surface area contributed by atoms with Crippen molar-refractivity contribution in [3.05, 3.63) is 16.6 Å². The minimum Gasteiger partial charge on any atom is -0.327 e. The number of rotatable bonds is 4. The van der Waals surface area contributed by atoms with Crippen LogP contribution in [0.1, 0.15) is 10.5 Å². The van der Waals surface area contributed by atoms with Crippen LogP contribution in [0.15, 0.2) is 10.9 Å². The van der Waals surface area contributed by atoms with Crippen LogP contribution in [-0.2, 0) is 0 Å². The van der Waals surface area contributed by atoms with Gasteiger partial charge in [-0.3, -0.25) is 4.79 Å². The van der Waals surface area contributed by atoms with Crippen molar-refractivity contribution in [1.82, 2.24) is 9.88 Å². The summed E-state index contributed by atoms with van der Waals surface area (Å²) in [5, 5.41) is 1.40. The maximum Gasteiger partial charge on any atom is 0.406 e. The molecule has 1 aromatic rings. The molecule has 0 saturated heterocycles. The van der Waals surface area contributed by atoms with Crippen LogP contribution in [0.25, 0.3) is 0 Å². The molecule has 0 saturated carbocycles. The zero-order chi connectivity index (χ0) is 12.2. The largest absolute Gasteiger partial charge is 0.406 e. The van der Waals surface area contributed by atoms with Crippen molar-refractivity contribution in [2.45, 2.75) is 6.18 Å². The van der Waals surface area contributed by atoms with Crippen LogP contribution in [0.2, 0.25) is 0 Å². The van der Waals surface area contributed by atoms with E-state index in [1.807, 2.05) is 0 Å². The van der Waals surface area contributed by atoms with Crippen molar-refractivity contribution >= 4 is 28.8 Å². The summed E-state index contributed by atoms with van der Waals surface area (Å²) < 4.78 is 36.5. The summed E-state index contributed by atoms with van der Waals surface area (Å²) in [6.45, 7) is -1.46. The van der Waals surface area contributed by atoms with Gasteiger partial charge < -0.3 is 4.90 Å². The van der Waals surface area contributed by atoms with Crippen molar-refractivity contribution in [2.75, 3.05) is 19.0 Å². The standard InChI is InChI=1S/C8H8ClF3N2OS/c9-1-2-14(4-8(10,11)12)7(15)6-3-16-5-13-6/h3,5H,1-2,4H2. The Balaban J connectivity index is 2.74. The third-order valence-electron chi connectivity index (χ3n) is 1.66. The highest BCUT2D eigenvalue weighted by atomic mass is 35.5. The molecule has 0 fully saturated rings. The molecule has 1 rings (SSSR count). The van der Waals surface area contributed by atoms with Crippen LogP contribution in [0, 0.1) is 0 Å². The van der Waals surface area contributed by atoms with Gasteiger partial charge in [-0.2, -0.15) is 13.2 Å². The van der Waals surface area contributed by atoms with E-state index >= 15 is 0 Å². The Morgan fingerprint density at radius 2 is 2.25 bits per heavy atom. The molecule has 1 aromatic heterocycles. The number of hydrogen-bond acceptors (Lipinski definition) is 3. The highest BCUT2D eigenvalue weighted by Crippen LogP contribution is 2.18. The van der Waals surface area contributed by atoms with Gasteiger partial charge in [0.2, 0.25) is 0 Å². The molecule has 0 N–H and O–H groups in total. The summed E-state index contributed by atoms with van der Waals surface area (Å²) in [5.74, 6) is -0.800. The van der Waals surface area contributed by atoms with E-state index in [-0.39, 0.29) is 18.1 Å². The van der Waals surface area contributed by atoms with Gasteiger partial charge in [0.05, 0.1) is 5.51 Å². The van der Waals surface area contributed by atoms with Crippen molar-refractivity contribution in [1.29, 1.82) is 0 Å². The van der Waals surface area contributed by atoms with Gasteiger partial charge in [0.25, 0.3) is 5.91 Å². The van der Waals surface area contributed by atoms with Crippen LogP contribution in [0.4, 0.5) is 13.2 Å². The number of carbonyl (C=O) groups excluding carboxylic acids is 1. The molecule has 0 aliphatic carbocycles. The SMILES string of the molecule is O=C(c1cscn1)N(CCCl)CC(F)(F)F. The molecule has 0 bridgehead atoms. The Morgan fingerprint density at radius 1 is 1.56 bits per heavy atom. The monoisotopic (exact) mass is 272 g/mol.